The van der Waals surface area contributed by atoms with Gasteiger partial charge < -0.3 is 14.6 Å². The van der Waals surface area contributed by atoms with Gasteiger partial charge in [-0.05, 0) is 26.3 Å². The second-order valence-corrected chi connectivity index (χ2v) is 5.66. The number of hydrogen-bond donors (Lipinski definition) is 1. The smallest absolute Gasteiger partial charge is 0.293 e. The molecular weight excluding hydrogens is 294 g/mol. The van der Waals surface area contributed by atoms with E-state index in [1.807, 2.05) is 23.9 Å². The average Bonchev–Trinajstić information content (AvgIpc) is 3.22. The fourth-order valence-electron chi connectivity index (χ4n) is 3.06. The maximum Gasteiger partial charge on any atom is 0.293 e. The number of anilines is 1. The first kappa shape index (κ1) is 15.7. The van der Waals surface area contributed by atoms with Gasteiger partial charge in [0.25, 0.3) is 5.56 Å². The van der Waals surface area contributed by atoms with Gasteiger partial charge in [-0.2, -0.15) is 5.10 Å². The zero-order chi connectivity index (χ0) is 16.2. The summed E-state index contributed by atoms with van der Waals surface area (Å²) < 4.78 is 9.52. The Morgan fingerprint density at radius 3 is 3.00 bits per heavy atom. The van der Waals surface area contributed by atoms with Gasteiger partial charge in [0.15, 0.2) is 5.82 Å². The van der Waals surface area contributed by atoms with Gasteiger partial charge in [-0.1, -0.05) is 0 Å². The Labute approximate surface area is 135 Å². The maximum absolute atomic E-state index is 12.2. The van der Waals surface area contributed by atoms with Crippen LogP contribution in [0.25, 0.3) is 0 Å². The Kier molecular flexibility index (Phi) is 4.76. The number of aromatic nitrogens is 4. The Hall–Kier alpha value is -2.15. The van der Waals surface area contributed by atoms with Crippen LogP contribution in [0.15, 0.2) is 29.5 Å². The van der Waals surface area contributed by atoms with Crippen molar-refractivity contribution in [2.45, 2.75) is 39.5 Å². The van der Waals surface area contributed by atoms with Crippen molar-refractivity contribution in [1.29, 1.82) is 0 Å². The molecule has 0 amide bonds. The Morgan fingerprint density at radius 1 is 1.35 bits per heavy atom. The summed E-state index contributed by atoms with van der Waals surface area (Å²) in [5, 5.41) is 7.52. The minimum Gasteiger partial charge on any atom is -0.372 e. The summed E-state index contributed by atoms with van der Waals surface area (Å²) in [6.45, 7) is 6.87. The highest BCUT2D eigenvalue weighted by atomic mass is 16.5. The molecule has 0 aromatic carbocycles. The molecule has 0 saturated carbocycles. The van der Waals surface area contributed by atoms with Crippen LogP contribution in [0.3, 0.4) is 0 Å². The average molecular weight is 317 g/mol. The molecule has 0 unspecified atom stereocenters. The molecule has 3 rings (SSSR count). The monoisotopic (exact) mass is 317 g/mol. The number of nitrogens with one attached hydrogen (secondary N) is 1. The molecule has 7 heteroatoms. The molecule has 1 N–H and O–H groups in total. The van der Waals surface area contributed by atoms with Crippen molar-refractivity contribution >= 4 is 5.82 Å². The minimum absolute atomic E-state index is 0.0158. The van der Waals surface area contributed by atoms with Gasteiger partial charge in [-0.3, -0.25) is 9.48 Å². The number of hydrogen-bond acceptors (Lipinski definition) is 5. The summed E-state index contributed by atoms with van der Waals surface area (Å²) >= 11 is 0. The van der Waals surface area contributed by atoms with Crippen molar-refractivity contribution in [3.05, 3.63) is 40.7 Å². The molecule has 1 aliphatic heterocycles. The van der Waals surface area contributed by atoms with Crippen molar-refractivity contribution in [3.63, 3.8) is 0 Å². The highest BCUT2D eigenvalue weighted by molar-refractivity contribution is 5.31. The standard InChI is InChI=1S/C16H23N5O2/c1-3-20-9-8-17-15(16(20)22)18-11-12-6-10-23-14(12)13-5-7-19-21(13)4-2/h5,7-9,12,14H,3-4,6,10-11H2,1-2H3,(H,17,18)/t12-,14+/m0/s1. The van der Waals surface area contributed by atoms with E-state index < -0.39 is 0 Å². The number of rotatable bonds is 6. The predicted molar refractivity (Wildman–Crippen MR) is 87.4 cm³/mol. The van der Waals surface area contributed by atoms with Gasteiger partial charge in [0.05, 0.1) is 5.69 Å². The predicted octanol–water partition coefficient (Wildman–Crippen LogP) is 1.67. The van der Waals surface area contributed by atoms with Crippen molar-refractivity contribution in [2.24, 2.45) is 5.92 Å². The molecule has 1 aliphatic rings. The third-order valence-electron chi connectivity index (χ3n) is 4.34. The molecule has 3 heterocycles. The first-order chi connectivity index (χ1) is 11.2. The van der Waals surface area contributed by atoms with Crippen LogP contribution in [0.2, 0.25) is 0 Å². The van der Waals surface area contributed by atoms with Gasteiger partial charge >= 0.3 is 0 Å². The first-order valence-electron chi connectivity index (χ1n) is 8.17. The van der Waals surface area contributed by atoms with Gasteiger partial charge in [-0.25, -0.2) is 4.98 Å². The molecule has 1 fully saturated rings. The highest BCUT2D eigenvalue weighted by Gasteiger charge is 2.31. The summed E-state index contributed by atoms with van der Waals surface area (Å²) in [6, 6.07) is 2.01. The van der Waals surface area contributed by atoms with Crippen LogP contribution in [-0.2, 0) is 17.8 Å². The summed E-state index contributed by atoms with van der Waals surface area (Å²) in [4.78, 5) is 16.4. The van der Waals surface area contributed by atoms with Gasteiger partial charge in [0, 0.05) is 50.7 Å². The Balaban J connectivity index is 1.72. The molecule has 23 heavy (non-hydrogen) atoms. The van der Waals surface area contributed by atoms with E-state index in [2.05, 4.69) is 22.3 Å². The van der Waals surface area contributed by atoms with Gasteiger partial charge in [-0.15, -0.1) is 0 Å². The van der Waals surface area contributed by atoms with Crippen LogP contribution in [0, 0.1) is 5.92 Å². The lowest BCUT2D eigenvalue weighted by Crippen LogP contribution is -2.27. The molecular formula is C16H23N5O2. The van der Waals surface area contributed by atoms with Crippen molar-refractivity contribution in [3.8, 4) is 0 Å². The van der Waals surface area contributed by atoms with Crippen LogP contribution >= 0.6 is 0 Å². The van der Waals surface area contributed by atoms with Crippen molar-refractivity contribution < 1.29 is 4.74 Å². The van der Waals surface area contributed by atoms with Gasteiger partial charge in [0.2, 0.25) is 0 Å². The molecule has 0 spiro atoms. The van der Waals surface area contributed by atoms with E-state index in [1.54, 1.807) is 17.0 Å². The third kappa shape index (κ3) is 3.14. The molecule has 124 valence electrons. The molecule has 0 aliphatic carbocycles. The maximum atomic E-state index is 12.2. The fraction of sp³-hybridized carbons (Fsp3) is 0.562. The summed E-state index contributed by atoms with van der Waals surface area (Å²) in [6.07, 6.45) is 6.14. The molecule has 7 nitrogen and oxygen atoms in total. The molecule has 0 bridgehead atoms. The van der Waals surface area contributed by atoms with Crippen LogP contribution < -0.4 is 10.9 Å². The second kappa shape index (κ2) is 6.95. The quantitative estimate of drug-likeness (QED) is 0.877. The third-order valence-corrected chi connectivity index (χ3v) is 4.34. The van der Waals surface area contributed by atoms with E-state index >= 15 is 0 Å². The van der Waals surface area contributed by atoms with Crippen LogP contribution in [-0.4, -0.2) is 32.5 Å². The Morgan fingerprint density at radius 2 is 2.22 bits per heavy atom. The molecule has 0 radical (unpaired) electrons. The fourth-order valence-corrected chi connectivity index (χ4v) is 3.06. The lowest BCUT2D eigenvalue weighted by molar-refractivity contribution is 0.0858. The zero-order valence-electron chi connectivity index (χ0n) is 13.6. The second-order valence-electron chi connectivity index (χ2n) is 5.66. The zero-order valence-corrected chi connectivity index (χ0v) is 13.6. The minimum atomic E-state index is -0.0796. The van der Waals surface area contributed by atoms with Gasteiger partial charge in [0.1, 0.15) is 6.10 Å². The molecule has 1 saturated heterocycles. The van der Waals surface area contributed by atoms with E-state index in [1.165, 1.54) is 0 Å². The van der Waals surface area contributed by atoms with Crippen LogP contribution in [0.5, 0.6) is 0 Å². The normalized spacial score (nSPS) is 20.8. The topological polar surface area (TPSA) is 74.0 Å². The summed E-state index contributed by atoms with van der Waals surface area (Å²) in [5.41, 5.74) is 1.02. The molecule has 2 atom stereocenters. The van der Waals surface area contributed by atoms with E-state index in [9.17, 15) is 4.79 Å². The van der Waals surface area contributed by atoms with E-state index in [0.717, 1.165) is 25.3 Å². The largest absolute Gasteiger partial charge is 0.372 e. The summed E-state index contributed by atoms with van der Waals surface area (Å²) in [5.74, 6) is 0.706. The summed E-state index contributed by atoms with van der Waals surface area (Å²) in [7, 11) is 0. The number of ether oxygens (including phenoxy) is 1. The van der Waals surface area contributed by atoms with Crippen LogP contribution in [0.1, 0.15) is 32.1 Å². The van der Waals surface area contributed by atoms with Crippen molar-refractivity contribution in [1.82, 2.24) is 19.3 Å². The molecule has 2 aromatic heterocycles. The highest BCUT2D eigenvalue weighted by Crippen LogP contribution is 2.34. The van der Waals surface area contributed by atoms with E-state index in [0.29, 0.717) is 24.8 Å². The Bertz CT molecular complexity index is 708. The molecule has 2 aromatic rings. The van der Waals surface area contributed by atoms with E-state index in [4.69, 9.17) is 4.74 Å². The van der Waals surface area contributed by atoms with E-state index in [-0.39, 0.29) is 11.7 Å². The number of aryl methyl sites for hydroxylation is 2. The lowest BCUT2D eigenvalue weighted by atomic mass is 9.99. The lowest BCUT2D eigenvalue weighted by Gasteiger charge is -2.20. The first-order valence-corrected chi connectivity index (χ1v) is 8.17. The number of nitrogens with zero attached hydrogens (tertiary/aromatic N) is 4. The SMILES string of the molecule is CCn1nccc1[C@@H]1OCC[C@H]1CNc1nccn(CC)c1=O. The van der Waals surface area contributed by atoms with Crippen LogP contribution in [0.4, 0.5) is 5.82 Å². The van der Waals surface area contributed by atoms with Crippen molar-refractivity contribution in [2.75, 3.05) is 18.5 Å².